The molecule has 7 heteroatoms. The molecule has 138 valence electrons. The van der Waals surface area contributed by atoms with Crippen LogP contribution in [-0.4, -0.2) is 67.3 Å². The molecule has 25 heavy (non-hydrogen) atoms. The molecule has 0 unspecified atom stereocenters. The summed E-state index contributed by atoms with van der Waals surface area (Å²) in [4.78, 5) is 16.6. The predicted molar refractivity (Wildman–Crippen MR) is 88.6 cm³/mol. The van der Waals surface area contributed by atoms with Gasteiger partial charge in [-0.3, -0.25) is 4.79 Å². The number of aliphatic hydroxyl groups is 1. The largest absolute Gasteiger partial charge is 0.491 e. The first-order valence-electron chi connectivity index (χ1n) is 8.56. The van der Waals surface area contributed by atoms with Gasteiger partial charge in [-0.05, 0) is 45.0 Å². The normalized spacial score (nSPS) is 27.1. The van der Waals surface area contributed by atoms with E-state index in [1.807, 2.05) is 7.05 Å². The Kier molecular flexibility index (Phi) is 4.97. The van der Waals surface area contributed by atoms with Crippen LogP contribution in [0.2, 0.25) is 0 Å². The first-order valence-corrected chi connectivity index (χ1v) is 8.56. The number of nitrogens with zero attached hydrogens (tertiary/aromatic N) is 2. The first kappa shape index (κ1) is 18.1. The Bertz CT molecular complexity index is 670. The number of carbonyl (C=O) groups excluding carboxylic acids is 1. The third-order valence-corrected chi connectivity index (χ3v) is 5.78. The van der Waals surface area contributed by atoms with Gasteiger partial charge in [0.05, 0.1) is 19.3 Å². The summed E-state index contributed by atoms with van der Waals surface area (Å²) in [5.41, 5.74) is -0.392. The number of piperidine rings is 2. The fourth-order valence-electron chi connectivity index (χ4n) is 4.26. The smallest absolute Gasteiger partial charge is 0.257 e. The summed E-state index contributed by atoms with van der Waals surface area (Å²) in [5.74, 6) is -2.81. The van der Waals surface area contributed by atoms with Crippen LogP contribution in [0.25, 0.3) is 0 Å². The van der Waals surface area contributed by atoms with E-state index in [0.717, 1.165) is 31.5 Å². The monoisotopic (exact) mass is 354 g/mol. The summed E-state index contributed by atoms with van der Waals surface area (Å²) < 4.78 is 32.7. The van der Waals surface area contributed by atoms with Gasteiger partial charge < -0.3 is 19.6 Å². The second-order valence-corrected chi connectivity index (χ2v) is 7.06. The molecule has 1 N–H and O–H groups in total. The van der Waals surface area contributed by atoms with Crippen molar-refractivity contribution in [3.63, 3.8) is 0 Å². The van der Waals surface area contributed by atoms with Crippen molar-refractivity contribution in [3.8, 4) is 5.75 Å². The van der Waals surface area contributed by atoms with Gasteiger partial charge in [0, 0.05) is 24.5 Å². The van der Waals surface area contributed by atoms with E-state index in [0.29, 0.717) is 19.5 Å². The lowest BCUT2D eigenvalue weighted by Crippen LogP contribution is -2.62. The summed E-state index contributed by atoms with van der Waals surface area (Å²) in [6, 6.07) is 2.24. The molecule has 0 spiro atoms. The second-order valence-electron chi connectivity index (χ2n) is 7.06. The molecule has 2 fully saturated rings. The lowest BCUT2D eigenvalue weighted by atomic mass is 9.69. The van der Waals surface area contributed by atoms with Crippen molar-refractivity contribution in [2.45, 2.75) is 25.3 Å². The van der Waals surface area contributed by atoms with Crippen LogP contribution < -0.4 is 4.74 Å². The van der Waals surface area contributed by atoms with E-state index in [-0.39, 0.29) is 23.6 Å². The number of benzene rings is 1. The standard InChI is InChI=1S/C18H24F2N2O3/c1-21-8-3-6-18(11-23)7-9-22(10-14(18)21)17(24)12-4-5-13(19)16(25-2)15(12)20/h4-5,14,23H,3,6-11H2,1-2H3/t14-,18-/m1/s1. The minimum absolute atomic E-state index is 0.0364. The molecular formula is C18H24F2N2O3. The van der Waals surface area contributed by atoms with Crippen LogP contribution in [0.4, 0.5) is 8.78 Å². The van der Waals surface area contributed by atoms with E-state index in [1.54, 1.807) is 4.90 Å². The number of carbonyl (C=O) groups is 1. The first-order chi connectivity index (χ1) is 11.9. The number of ether oxygens (including phenoxy) is 1. The SMILES string of the molecule is COc1c(F)ccc(C(=O)N2CC[C@@]3(CO)CCCN(C)[C@@H]3C2)c1F. The molecule has 0 aromatic heterocycles. The Hall–Kier alpha value is -1.73. The molecule has 2 saturated heterocycles. The number of rotatable bonds is 3. The molecule has 0 radical (unpaired) electrons. The average molecular weight is 354 g/mol. The molecule has 2 atom stereocenters. The van der Waals surface area contributed by atoms with Crippen molar-refractivity contribution in [2.75, 3.05) is 40.4 Å². The van der Waals surface area contributed by atoms with Gasteiger partial charge in [0.25, 0.3) is 5.91 Å². The molecule has 1 aromatic rings. The third kappa shape index (κ3) is 3.00. The van der Waals surface area contributed by atoms with Crippen LogP contribution in [0.1, 0.15) is 29.6 Å². The molecular weight excluding hydrogens is 330 g/mol. The van der Waals surface area contributed by atoms with Crippen LogP contribution in [-0.2, 0) is 0 Å². The van der Waals surface area contributed by atoms with Gasteiger partial charge in [0.1, 0.15) is 0 Å². The molecule has 1 amide bonds. The Morgan fingerprint density at radius 2 is 2.12 bits per heavy atom. The second kappa shape index (κ2) is 6.88. The quantitative estimate of drug-likeness (QED) is 0.901. The van der Waals surface area contributed by atoms with Crippen molar-refractivity contribution in [1.29, 1.82) is 0 Å². The number of halogens is 2. The van der Waals surface area contributed by atoms with Gasteiger partial charge in [0.15, 0.2) is 17.4 Å². The van der Waals surface area contributed by atoms with Gasteiger partial charge in [-0.15, -0.1) is 0 Å². The van der Waals surface area contributed by atoms with Gasteiger partial charge in [-0.2, -0.15) is 0 Å². The highest BCUT2D eigenvalue weighted by atomic mass is 19.1. The molecule has 0 aliphatic carbocycles. The Morgan fingerprint density at radius 1 is 1.36 bits per heavy atom. The van der Waals surface area contributed by atoms with Gasteiger partial charge in [0.2, 0.25) is 0 Å². The maximum atomic E-state index is 14.4. The number of likely N-dealkylation sites (tertiary alicyclic amines) is 2. The fraction of sp³-hybridized carbons (Fsp3) is 0.611. The van der Waals surface area contributed by atoms with Crippen molar-refractivity contribution in [2.24, 2.45) is 5.41 Å². The molecule has 2 aliphatic rings. The highest BCUT2D eigenvalue weighted by molar-refractivity contribution is 5.95. The van der Waals surface area contributed by atoms with Crippen LogP contribution >= 0.6 is 0 Å². The summed E-state index contributed by atoms with van der Waals surface area (Å²) in [6.07, 6.45) is 2.62. The maximum Gasteiger partial charge on any atom is 0.257 e. The Morgan fingerprint density at radius 3 is 2.80 bits per heavy atom. The zero-order valence-corrected chi connectivity index (χ0v) is 14.6. The van der Waals surface area contributed by atoms with E-state index >= 15 is 0 Å². The van der Waals surface area contributed by atoms with Crippen LogP contribution in [0.3, 0.4) is 0 Å². The van der Waals surface area contributed by atoms with E-state index in [1.165, 1.54) is 7.11 Å². The lowest BCUT2D eigenvalue weighted by molar-refractivity contribution is -0.0602. The minimum Gasteiger partial charge on any atom is -0.491 e. The highest BCUT2D eigenvalue weighted by Gasteiger charge is 2.47. The van der Waals surface area contributed by atoms with Crippen LogP contribution in [0.5, 0.6) is 5.75 Å². The zero-order chi connectivity index (χ0) is 18.2. The van der Waals surface area contributed by atoms with E-state index in [4.69, 9.17) is 4.74 Å². The van der Waals surface area contributed by atoms with Crippen molar-refractivity contribution < 1.29 is 23.4 Å². The summed E-state index contributed by atoms with van der Waals surface area (Å²) >= 11 is 0. The topological polar surface area (TPSA) is 53.0 Å². The van der Waals surface area contributed by atoms with Gasteiger partial charge in [-0.1, -0.05) is 0 Å². The third-order valence-electron chi connectivity index (χ3n) is 5.78. The van der Waals surface area contributed by atoms with Crippen molar-refractivity contribution >= 4 is 5.91 Å². The van der Waals surface area contributed by atoms with Gasteiger partial charge in [-0.25, -0.2) is 8.78 Å². The predicted octanol–water partition coefficient (Wildman–Crippen LogP) is 1.89. The van der Waals surface area contributed by atoms with E-state index in [2.05, 4.69) is 4.90 Å². The van der Waals surface area contributed by atoms with E-state index in [9.17, 15) is 18.7 Å². The number of fused-ring (bicyclic) bond motifs is 1. The number of amides is 1. The Labute approximate surface area is 146 Å². The summed E-state index contributed by atoms with van der Waals surface area (Å²) in [6.45, 7) is 1.87. The Balaban J connectivity index is 1.85. The fourth-order valence-corrected chi connectivity index (χ4v) is 4.26. The summed E-state index contributed by atoms with van der Waals surface area (Å²) in [5, 5.41) is 9.93. The molecule has 3 rings (SSSR count). The molecule has 0 bridgehead atoms. The average Bonchev–Trinajstić information content (AvgIpc) is 2.61. The number of aliphatic hydroxyl groups excluding tert-OH is 1. The van der Waals surface area contributed by atoms with Gasteiger partial charge >= 0.3 is 0 Å². The van der Waals surface area contributed by atoms with E-state index < -0.39 is 23.3 Å². The highest BCUT2D eigenvalue weighted by Crippen LogP contribution is 2.42. The molecule has 0 saturated carbocycles. The lowest BCUT2D eigenvalue weighted by Gasteiger charge is -2.53. The number of methoxy groups -OCH3 is 1. The molecule has 2 aliphatic heterocycles. The minimum atomic E-state index is -0.969. The number of likely N-dealkylation sites (N-methyl/N-ethyl adjacent to an activating group) is 1. The zero-order valence-electron chi connectivity index (χ0n) is 14.6. The van der Waals surface area contributed by atoms with Crippen LogP contribution in [0, 0.1) is 17.0 Å². The molecule has 1 aromatic carbocycles. The number of hydrogen-bond acceptors (Lipinski definition) is 4. The maximum absolute atomic E-state index is 14.4. The molecule has 5 nitrogen and oxygen atoms in total. The number of hydrogen-bond donors (Lipinski definition) is 1. The van der Waals surface area contributed by atoms with Crippen molar-refractivity contribution in [3.05, 3.63) is 29.3 Å². The van der Waals surface area contributed by atoms with Crippen LogP contribution in [0.15, 0.2) is 12.1 Å². The van der Waals surface area contributed by atoms with Crippen molar-refractivity contribution in [1.82, 2.24) is 9.80 Å². The summed E-state index contributed by atoms with van der Waals surface area (Å²) in [7, 11) is 3.16. The molecule has 2 heterocycles.